The van der Waals surface area contributed by atoms with Gasteiger partial charge in [-0.15, -0.1) is 0 Å². The van der Waals surface area contributed by atoms with E-state index in [1.54, 1.807) is 0 Å². The van der Waals surface area contributed by atoms with Gasteiger partial charge in [0.25, 0.3) is 5.91 Å². The highest BCUT2D eigenvalue weighted by Gasteiger charge is 2.41. The van der Waals surface area contributed by atoms with Crippen LogP contribution in [0.1, 0.15) is 119 Å². The molecule has 0 bridgehead atoms. The number of unbranched alkanes of at least 4 members (excludes halogenated alkanes) is 2. The number of rotatable bonds is 5. The van der Waals surface area contributed by atoms with E-state index in [1.165, 1.54) is 61.6 Å². The number of hydrogen-bond donors (Lipinski definition) is 1. The Balaban J connectivity index is 0.000000491. The lowest BCUT2D eigenvalue weighted by Gasteiger charge is -2.29. The Bertz CT molecular complexity index is 841. The van der Waals surface area contributed by atoms with Crippen molar-refractivity contribution in [2.75, 3.05) is 6.54 Å². The van der Waals surface area contributed by atoms with Crippen molar-refractivity contribution in [1.29, 1.82) is 5.26 Å². The molecule has 3 heteroatoms. The van der Waals surface area contributed by atoms with Crippen LogP contribution in [0.3, 0.4) is 0 Å². The van der Waals surface area contributed by atoms with Crippen LogP contribution in [-0.2, 0) is 0 Å². The van der Waals surface area contributed by atoms with E-state index in [-0.39, 0.29) is 7.33 Å². The van der Waals surface area contributed by atoms with Gasteiger partial charge in [0.2, 0.25) is 0 Å². The summed E-state index contributed by atoms with van der Waals surface area (Å²) in [4.78, 5) is 13.1. The first-order valence-electron chi connectivity index (χ1n) is 13.0. The molecule has 0 aliphatic heterocycles. The van der Waals surface area contributed by atoms with Gasteiger partial charge < -0.3 is 5.32 Å². The Morgan fingerprint density at radius 1 is 1.22 bits per heavy atom. The number of nitriles is 1. The molecule has 0 aromatic heterocycles. The molecule has 3 aliphatic carbocycles. The fraction of sp³-hybridized carbons (Fsp3) is 0.655. The van der Waals surface area contributed by atoms with Crippen molar-refractivity contribution in [1.82, 2.24) is 5.32 Å². The molecule has 2 saturated carbocycles. The third kappa shape index (κ3) is 6.71. The largest absolute Gasteiger partial charge is 0.352 e. The van der Waals surface area contributed by atoms with Crippen LogP contribution >= 0.6 is 0 Å². The topological polar surface area (TPSA) is 52.9 Å². The molecule has 3 aliphatic rings. The summed E-state index contributed by atoms with van der Waals surface area (Å²) in [6.45, 7) is 7.39. The summed E-state index contributed by atoms with van der Waals surface area (Å²) in [5.74, 6) is 2.93. The number of aryl methyl sites for hydroxylation is 1. The molecular weight excluding hydrogens is 392 g/mol. The summed E-state index contributed by atoms with van der Waals surface area (Å²) in [7, 11) is 0. The van der Waals surface area contributed by atoms with E-state index in [9.17, 15) is 4.79 Å². The number of amides is 1. The average molecular weight is 437 g/mol. The zero-order chi connectivity index (χ0) is 22.9. The Morgan fingerprint density at radius 2 is 2.03 bits per heavy atom. The number of hydrogen-bond acceptors (Lipinski definition) is 2. The normalized spacial score (nSPS) is 27.1. The van der Waals surface area contributed by atoms with Crippen LogP contribution in [0.25, 0.3) is 6.08 Å². The predicted octanol–water partition coefficient (Wildman–Crippen LogP) is 7.80. The monoisotopic (exact) mass is 436 g/mol. The van der Waals surface area contributed by atoms with Crippen LogP contribution in [0, 0.1) is 36.0 Å². The Labute approximate surface area is 197 Å². The van der Waals surface area contributed by atoms with Crippen molar-refractivity contribution in [2.24, 2.45) is 17.8 Å². The van der Waals surface area contributed by atoms with Crippen molar-refractivity contribution in [2.45, 2.75) is 97.3 Å². The standard InChI is InChI=1S/C24H33NO.C5H9N.H2/c1-16-12-19-10-5-3-4-9-18-14-21(18)23(19)22(13-16)24(26)25-15-20-11-7-6-8-17(20)2;1-2-3-4-5-6;/h5,10,12-13,17-18,20-21H,3-4,6-9,11,14-15H2,1-2H3,(H,25,26);2-4H2,1H3;1H/b10-5-;;/t17?,18?,20-,21?;;/m0../s1. The molecule has 4 rings (SSSR count). The molecule has 1 aromatic carbocycles. The number of benzene rings is 1. The number of nitrogens with one attached hydrogen (secondary N) is 1. The van der Waals surface area contributed by atoms with E-state index in [1.807, 2.05) is 0 Å². The molecular formula is C29H44N2O. The van der Waals surface area contributed by atoms with Crippen LogP contribution in [0.2, 0.25) is 0 Å². The van der Waals surface area contributed by atoms with Gasteiger partial charge in [-0.05, 0) is 91.9 Å². The lowest BCUT2D eigenvalue weighted by molar-refractivity contribution is 0.0935. The maximum atomic E-state index is 13.1. The molecule has 1 N–H and O–H groups in total. The molecule has 1 aromatic rings. The van der Waals surface area contributed by atoms with Gasteiger partial charge in [-0.25, -0.2) is 0 Å². The van der Waals surface area contributed by atoms with E-state index >= 15 is 0 Å². The minimum absolute atomic E-state index is 0. The Morgan fingerprint density at radius 3 is 2.75 bits per heavy atom. The maximum Gasteiger partial charge on any atom is 0.251 e. The summed E-state index contributed by atoms with van der Waals surface area (Å²) >= 11 is 0. The number of carbonyl (C=O) groups excluding carboxylic acids is 1. The lowest BCUT2D eigenvalue weighted by Crippen LogP contribution is -2.34. The zero-order valence-electron chi connectivity index (χ0n) is 20.5. The van der Waals surface area contributed by atoms with Crippen LogP contribution in [0.15, 0.2) is 18.2 Å². The average Bonchev–Trinajstić information content (AvgIpc) is 3.54. The van der Waals surface area contributed by atoms with E-state index < -0.39 is 0 Å². The summed E-state index contributed by atoms with van der Waals surface area (Å²) in [6.07, 6.45) is 17.7. The van der Waals surface area contributed by atoms with Gasteiger partial charge in [0.05, 0.1) is 6.07 Å². The van der Waals surface area contributed by atoms with Crippen molar-refractivity contribution < 1.29 is 6.22 Å². The van der Waals surface area contributed by atoms with Crippen LogP contribution in [0.4, 0.5) is 0 Å². The van der Waals surface area contributed by atoms with Crippen molar-refractivity contribution >= 4 is 12.0 Å². The summed E-state index contributed by atoms with van der Waals surface area (Å²) in [6, 6.07) is 6.46. The van der Waals surface area contributed by atoms with Gasteiger partial charge in [-0.3, -0.25) is 4.79 Å². The molecule has 32 heavy (non-hydrogen) atoms. The highest BCUT2D eigenvalue weighted by Crippen LogP contribution is 2.53. The Hall–Kier alpha value is -2.08. The molecule has 3 unspecified atom stereocenters. The predicted molar refractivity (Wildman–Crippen MR) is 136 cm³/mol. The van der Waals surface area contributed by atoms with Crippen molar-refractivity contribution in [3.05, 3.63) is 40.5 Å². The SMILES string of the molecule is CCCCC#N.Cc1cc2c(c(C(=O)NC[C@@H]3CCCCC3C)c1)C1CC1CCC/C=C\2.[HH]. The van der Waals surface area contributed by atoms with E-state index in [0.717, 1.165) is 49.6 Å². The number of nitrogens with zero attached hydrogens (tertiary/aromatic N) is 1. The number of carbonyl (C=O) groups is 1. The summed E-state index contributed by atoms with van der Waals surface area (Å²) in [5, 5.41) is 11.3. The summed E-state index contributed by atoms with van der Waals surface area (Å²) < 4.78 is 0. The van der Waals surface area contributed by atoms with E-state index in [0.29, 0.717) is 11.8 Å². The van der Waals surface area contributed by atoms with E-state index in [4.69, 9.17) is 5.26 Å². The first-order chi connectivity index (χ1) is 15.5. The second-order valence-corrected chi connectivity index (χ2v) is 10.2. The van der Waals surface area contributed by atoms with Crippen LogP contribution in [-0.4, -0.2) is 12.5 Å². The maximum absolute atomic E-state index is 13.1. The van der Waals surface area contributed by atoms with Gasteiger partial charge in [-0.1, -0.05) is 57.7 Å². The quantitative estimate of drug-likeness (QED) is 0.479. The van der Waals surface area contributed by atoms with Crippen molar-refractivity contribution in [3.63, 3.8) is 0 Å². The van der Waals surface area contributed by atoms with Gasteiger partial charge in [0.1, 0.15) is 0 Å². The van der Waals surface area contributed by atoms with Gasteiger partial charge in [0, 0.05) is 20.0 Å². The fourth-order valence-corrected chi connectivity index (χ4v) is 5.46. The number of fused-ring (bicyclic) bond motifs is 3. The molecule has 0 heterocycles. The Kier molecular flexibility index (Phi) is 9.39. The smallest absolute Gasteiger partial charge is 0.251 e. The highest BCUT2D eigenvalue weighted by atomic mass is 16.1. The molecule has 4 atom stereocenters. The number of allylic oxidation sites excluding steroid dienone is 1. The summed E-state index contributed by atoms with van der Waals surface area (Å²) in [5.41, 5.74) is 4.76. The van der Waals surface area contributed by atoms with Crippen LogP contribution < -0.4 is 5.32 Å². The van der Waals surface area contributed by atoms with Gasteiger partial charge in [0.15, 0.2) is 0 Å². The first-order valence-corrected chi connectivity index (χ1v) is 13.0. The highest BCUT2D eigenvalue weighted by molar-refractivity contribution is 5.97. The van der Waals surface area contributed by atoms with E-state index in [2.05, 4.69) is 56.4 Å². The molecule has 2 fully saturated rings. The minimum Gasteiger partial charge on any atom is -0.352 e. The minimum atomic E-state index is 0. The van der Waals surface area contributed by atoms with Gasteiger partial charge >= 0.3 is 0 Å². The second-order valence-electron chi connectivity index (χ2n) is 10.2. The van der Waals surface area contributed by atoms with Crippen LogP contribution in [0.5, 0.6) is 0 Å². The second kappa shape index (κ2) is 12.2. The van der Waals surface area contributed by atoms with Gasteiger partial charge in [-0.2, -0.15) is 5.26 Å². The third-order valence-corrected chi connectivity index (χ3v) is 7.59. The molecule has 0 radical (unpaired) electrons. The third-order valence-electron chi connectivity index (χ3n) is 7.59. The first kappa shape index (κ1) is 24.6. The molecule has 1 amide bonds. The zero-order valence-corrected chi connectivity index (χ0v) is 20.5. The lowest BCUT2D eigenvalue weighted by atomic mass is 9.80. The molecule has 3 nitrogen and oxygen atoms in total. The molecule has 176 valence electrons. The molecule has 0 spiro atoms. The molecule has 0 saturated heterocycles. The fourth-order valence-electron chi connectivity index (χ4n) is 5.46. The van der Waals surface area contributed by atoms with Crippen molar-refractivity contribution in [3.8, 4) is 6.07 Å².